The van der Waals surface area contributed by atoms with Crippen LogP contribution in [0.4, 0.5) is 4.39 Å². The second-order valence-corrected chi connectivity index (χ2v) is 6.77. The van der Waals surface area contributed by atoms with Crippen LogP contribution in [-0.4, -0.2) is 28.2 Å². The summed E-state index contributed by atoms with van der Waals surface area (Å²) in [5.74, 6) is -0.736. The van der Waals surface area contributed by atoms with Crippen LogP contribution in [0.1, 0.15) is 28.5 Å². The largest absolute Gasteiger partial charge is 0.494 e. The first-order valence-corrected chi connectivity index (χ1v) is 9.79. The molecule has 1 aromatic heterocycles. The van der Waals surface area contributed by atoms with E-state index in [-0.39, 0.29) is 11.0 Å². The lowest BCUT2D eigenvalue weighted by atomic mass is 10.2. The first-order valence-electron chi connectivity index (χ1n) is 9.41. The molecule has 160 valence electrons. The summed E-state index contributed by atoms with van der Waals surface area (Å²) in [4.78, 5) is 24.2. The Morgan fingerprint density at radius 2 is 1.81 bits per heavy atom. The van der Waals surface area contributed by atoms with Gasteiger partial charge in [0.2, 0.25) is 0 Å². The summed E-state index contributed by atoms with van der Waals surface area (Å²) >= 11 is 6.37. The van der Waals surface area contributed by atoms with E-state index in [2.05, 4.69) is 16.0 Å². The van der Waals surface area contributed by atoms with Crippen molar-refractivity contribution < 1.29 is 18.7 Å². The number of rotatable bonds is 6. The van der Waals surface area contributed by atoms with Crippen LogP contribution in [-0.2, 0) is 4.79 Å². The Balaban J connectivity index is 1.62. The van der Waals surface area contributed by atoms with Crippen molar-refractivity contribution in [1.82, 2.24) is 20.6 Å². The normalized spacial score (nSPS) is 10.8. The molecule has 0 saturated heterocycles. The molecule has 7 nitrogen and oxygen atoms in total. The number of halogens is 2. The molecule has 0 spiro atoms. The Bertz CT molecular complexity index is 1110. The van der Waals surface area contributed by atoms with E-state index in [1.54, 1.807) is 43.3 Å². The standard InChI is InChI=1S/C22H20ClFN4O3/c1-3-31-18-10-4-15(5-11-18)22(30)26-25-20(29)13-12-19-14(2)27-28(21(19)23)17-8-6-16(24)7-9-17/h4-13H,3H2,1-2H3,(H,25,29)(H,26,30)/b13-12+. The summed E-state index contributed by atoms with van der Waals surface area (Å²) in [5, 5.41) is 4.59. The van der Waals surface area contributed by atoms with Crippen molar-refractivity contribution in [1.29, 1.82) is 0 Å². The molecular weight excluding hydrogens is 423 g/mol. The third-order valence-electron chi connectivity index (χ3n) is 4.25. The average molecular weight is 443 g/mol. The second-order valence-electron chi connectivity index (χ2n) is 6.41. The number of hydrogen-bond donors (Lipinski definition) is 2. The smallest absolute Gasteiger partial charge is 0.269 e. The van der Waals surface area contributed by atoms with Crippen LogP contribution in [0.5, 0.6) is 5.75 Å². The van der Waals surface area contributed by atoms with E-state index in [4.69, 9.17) is 16.3 Å². The molecule has 9 heteroatoms. The maximum absolute atomic E-state index is 13.1. The SMILES string of the molecule is CCOc1ccc(C(=O)NNC(=O)/C=C/c2c(C)nn(-c3ccc(F)cc3)c2Cl)cc1. The Morgan fingerprint density at radius 3 is 2.45 bits per heavy atom. The van der Waals surface area contributed by atoms with Gasteiger partial charge in [-0.1, -0.05) is 11.6 Å². The number of ether oxygens (including phenoxy) is 1. The van der Waals surface area contributed by atoms with E-state index in [0.29, 0.717) is 34.9 Å². The first-order chi connectivity index (χ1) is 14.9. The number of amides is 2. The minimum atomic E-state index is -0.552. The van der Waals surface area contributed by atoms with Crippen LogP contribution in [0.3, 0.4) is 0 Å². The fourth-order valence-corrected chi connectivity index (χ4v) is 3.05. The Kier molecular flexibility index (Phi) is 7.04. The van der Waals surface area contributed by atoms with Crippen LogP contribution in [0.2, 0.25) is 5.15 Å². The monoisotopic (exact) mass is 442 g/mol. The van der Waals surface area contributed by atoms with Crippen LogP contribution >= 0.6 is 11.6 Å². The van der Waals surface area contributed by atoms with Crippen molar-refractivity contribution in [2.24, 2.45) is 0 Å². The van der Waals surface area contributed by atoms with E-state index in [0.717, 1.165) is 0 Å². The zero-order valence-corrected chi connectivity index (χ0v) is 17.6. The lowest BCUT2D eigenvalue weighted by Crippen LogP contribution is -2.40. The number of carbonyl (C=O) groups excluding carboxylic acids is 2. The highest BCUT2D eigenvalue weighted by atomic mass is 35.5. The highest BCUT2D eigenvalue weighted by Crippen LogP contribution is 2.24. The van der Waals surface area contributed by atoms with Gasteiger partial charge in [-0.2, -0.15) is 5.10 Å². The van der Waals surface area contributed by atoms with Crippen LogP contribution in [0.25, 0.3) is 11.8 Å². The van der Waals surface area contributed by atoms with Gasteiger partial charge in [0.1, 0.15) is 16.7 Å². The molecule has 0 aliphatic carbocycles. The fraction of sp³-hybridized carbons (Fsp3) is 0.136. The molecule has 2 aromatic carbocycles. The predicted molar refractivity (Wildman–Crippen MR) is 116 cm³/mol. The Hall–Kier alpha value is -3.65. The van der Waals surface area contributed by atoms with E-state index in [9.17, 15) is 14.0 Å². The minimum Gasteiger partial charge on any atom is -0.494 e. The molecule has 0 atom stereocenters. The molecule has 2 N–H and O–H groups in total. The van der Waals surface area contributed by atoms with Crippen LogP contribution < -0.4 is 15.6 Å². The molecular formula is C22H20ClFN4O3. The number of hydrazine groups is 1. The summed E-state index contributed by atoms with van der Waals surface area (Å²) < 4.78 is 19.9. The molecule has 0 bridgehead atoms. The van der Waals surface area contributed by atoms with Crippen molar-refractivity contribution in [3.8, 4) is 11.4 Å². The molecule has 0 aliphatic heterocycles. The van der Waals surface area contributed by atoms with Gasteiger partial charge in [-0.15, -0.1) is 0 Å². The number of aryl methyl sites for hydroxylation is 1. The predicted octanol–water partition coefficient (Wildman–Crippen LogP) is 3.85. The topological polar surface area (TPSA) is 85.2 Å². The summed E-state index contributed by atoms with van der Waals surface area (Å²) in [6.07, 6.45) is 2.71. The van der Waals surface area contributed by atoms with Gasteiger partial charge in [0, 0.05) is 17.2 Å². The van der Waals surface area contributed by atoms with Gasteiger partial charge < -0.3 is 4.74 Å². The van der Waals surface area contributed by atoms with Crippen LogP contribution in [0, 0.1) is 12.7 Å². The Morgan fingerprint density at radius 1 is 1.13 bits per heavy atom. The van der Waals surface area contributed by atoms with Gasteiger partial charge in [-0.3, -0.25) is 20.4 Å². The second kappa shape index (κ2) is 9.90. The van der Waals surface area contributed by atoms with Gasteiger partial charge in [0.15, 0.2) is 0 Å². The fourth-order valence-electron chi connectivity index (χ4n) is 2.71. The number of benzene rings is 2. The molecule has 0 fully saturated rings. The van der Waals surface area contributed by atoms with Gasteiger partial charge >= 0.3 is 0 Å². The van der Waals surface area contributed by atoms with E-state index in [1.165, 1.54) is 29.0 Å². The quantitative estimate of drug-likeness (QED) is 0.448. The summed E-state index contributed by atoms with van der Waals surface area (Å²) in [6, 6.07) is 12.2. The average Bonchev–Trinajstić information content (AvgIpc) is 3.05. The maximum atomic E-state index is 13.1. The molecule has 3 aromatic rings. The lowest BCUT2D eigenvalue weighted by molar-refractivity contribution is -0.117. The highest BCUT2D eigenvalue weighted by molar-refractivity contribution is 6.31. The zero-order chi connectivity index (χ0) is 22.4. The van der Waals surface area contributed by atoms with Crippen molar-refractivity contribution >= 4 is 29.5 Å². The van der Waals surface area contributed by atoms with E-state index in [1.807, 2.05) is 6.92 Å². The molecule has 0 unspecified atom stereocenters. The van der Waals surface area contributed by atoms with Crippen LogP contribution in [0.15, 0.2) is 54.6 Å². The van der Waals surface area contributed by atoms with Crippen molar-refractivity contribution in [2.45, 2.75) is 13.8 Å². The molecule has 0 aliphatic rings. The van der Waals surface area contributed by atoms with Gasteiger partial charge in [-0.25, -0.2) is 9.07 Å². The van der Waals surface area contributed by atoms with Crippen molar-refractivity contribution in [2.75, 3.05) is 6.61 Å². The number of nitrogens with zero attached hydrogens (tertiary/aromatic N) is 2. The molecule has 0 saturated carbocycles. The van der Waals surface area contributed by atoms with Gasteiger partial charge in [0.05, 0.1) is 18.0 Å². The van der Waals surface area contributed by atoms with Gasteiger partial charge in [0.25, 0.3) is 11.8 Å². The molecule has 0 radical (unpaired) electrons. The molecule has 1 heterocycles. The zero-order valence-electron chi connectivity index (χ0n) is 16.9. The van der Waals surface area contributed by atoms with E-state index < -0.39 is 11.8 Å². The molecule has 3 rings (SSSR count). The maximum Gasteiger partial charge on any atom is 0.269 e. The third kappa shape index (κ3) is 5.49. The van der Waals surface area contributed by atoms with Gasteiger partial charge in [-0.05, 0) is 68.5 Å². The third-order valence-corrected chi connectivity index (χ3v) is 4.61. The van der Waals surface area contributed by atoms with Crippen molar-refractivity contribution in [3.63, 3.8) is 0 Å². The number of hydrogen-bond acceptors (Lipinski definition) is 4. The highest BCUT2D eigenvalue weighted by Gasteiger charge is 2.13. The number of aromatic nitrogens is 2. The number of carbonyl (C=O) groups is 2. The Labute approximate surface area is 183 Å². The molecule has 31 heavy (non-hydrogen) atoms. The summed E-state index contributed by atoms with van der Waals surface area (Å²) in [7, 11) is 0. The van der Waals surface area contributed by atoms with E-state index >= 15 is 0 Å². The lowest BCUT2D eigenvalue weighted by Gasteiger charge is -2.07. The minimum absolute atomic E-state index is 0.270. The summed E-state index contributed by atoms with van der Waals surface area (Å²) in [5.41, 5.74) is 6.70. The first kappa shape index (κ1) is 22.0. The van der Waals surface area contributed by atoms with Crippen molar-refractivity contribution in [3.05, 3.63) is 82.4 Å². The molecule has 2 amide bonds. The number of nitrogens with one attached hydrogen (secondary N) is 2. The summed E-state index contributed by atoms with van der Waals surface area (Å²) in [6.45, 7) is 4.13.